The number of nitriles is 1. The Bertz CT molecular complexity index is 245. The first-order valence-electron chi connectivity index (χ1n) is 3.04. The molecule has 0 aliphatic heterocycles. The van der Waals surface area contributed by atoms with Gasteiger partial charge in [-0.3, -0.25) is 0 Å². The van der Waals surface area contributed by atoms with Crippen molar-refractivity contribution < 1.29 is 0 Å². The van der Waals surface area contributed by atoms with Crippen LogP contribution < -0.4 is 4.35 Å². The van der Waals surface area contributed by atoms with Crippen molar-refractivity contribution in [2.75, 3.05) is 0 Å². The van der Waals surface area contributed by atoms with Crippen molar-refractivity contribution in [1.29, 1.82) is 5.26 Å². The van der Waals surface area contributed by atoms with Crippen LogP contribution in [0.2, 0.25) is 0 Å². The van der Waals surface area contributed by atoms with Gasteiger partial charge in [0.25, 0.3) is 0 Å². The van der Waals surface area contributed by atoms with Crippen molar-refractivity contribution in [1.82, 2.24) is 0 Å². The van der Waals surface area contributed by atoms with Gasteiger partial charge < -0.3 is 0 Å². The van der Waals surface area contributed by atoms with Crippen molar-refractivity contribution >= 4 is 20.1 Å². The molecule has 0 bridgehead atoms. The normalized spacial score (nSPS) is 10.0. The Balaban J connectivity index is 2.81. The van der Waals surface area contributed by atoms with Gasteiger partial charge in [0.1, 0.15) is 0 Å². The van der Waals surface area contributed by atoms with Crippen molar-refractivity contribution in [2.24, 2.45) is 0 Å². The van der Waals surface area contributed by atoms with Crippen molar-refractivity contribution in [3.05, 3.63) is 29.8 Å². The molecule has 1 aromatic carbocycles. The van der Waals surface area contributed by atoms with Gasteiger partial charge in [-0.05, 0) is 0 Å². The zero-order chi connectivity index (χ0) is 7.40. The van der Waals surface area contributed by atoms with E-state index in [1.807, 2.05) is 12.1 Å². The molecule has 0 heterocycles. The molecule has 0 saturated carbocycles. The van der Waals surface area contributed by atoms with E-state index in [9.17, 15) is 0 Å². The monoisotopic (exact) mass is 193 g/mol. The molecule has 1 unspecified atom stereocenters. The van der Waals surface area contributed by atoms with E-state index in [2.05, 4.69) is 23.9 Å². The molecule has 1 atom stereocenters. The summed E-state index contributed by atoms with van der Waals surface area (Å²) in [7, 11) is 0. The fraction of sp³-hybridized carbons (Fsp3) is 0.125. The molecule has 0 saturated heterocycles. The van der Waals surface area contributed by atoms with E-state index >= 15 is 0 Å². The van der Waals surface area contributed by atoms with Gasteiger partial charge in [0.2, 0.25) is 0 Å². The first-order valence-corrected chi connectivity index (χ1v) is 5.14. The van der Waals surface area contributed by atoms with Gasteiger partial charge in [0, 0.05) is 0 Å². The quantitative estimate of drug-likeness (QED) is 0.597. The maximum absolute atomic E-state index is 8.39. The third-order valence-corrected chi connectivity index (χ3v) is 2.79. The van der Waals surface area contributed by atoms with E-state index in [1.54, 1.807) is 0 Å². The van der Waals surface area contributed by atoms with Gasteiger partial charge in [-0.25, -0.2) is 0 Å². The summed E-state index contributed by atoms with van der Waals surface area (Å²) < 4.78 is 1.22. The Labute approximate surface area is 67.4 Å². The van der Waals surface area contributed by atoms with E-state index in [0.29, 0.717) is 0 Å². The van der Waals surface area contributed by atoms with Crippen LogP contribution in [-0.2, 0) is 0 Å². The molecule has 0 fully saturated rings. The predicted molar refractivity (Wildman–Crippen MR) is 43.6 cm³/mol. The van der Waals surface area contributed by atoms with Crippen LogP contribution in [0.1, 0.15) is 5.56 Å². The first-order chi connectivity index (χ1) is 4.83. The van der Waals surface area contributed by atoms with Crippen molar-refractivity contribution in [3.8, 4) is 4.86 Å². The number of nitrogens with zero attached hydrogens (tertiary/aromatic N) is 1. The van der Waals surface area contributed by atoms with Crippen LogP contribution in [0.4, 0.5) is 0 Å². The average Bonchev–Trinajstić information content (AvgIpc) is 1.95. The molecule has 0 radical (unpaired) electrons. The molecule has 0 N–H and O–H groups in total. The Morgan fingerprint density at radius 1 is 1.30 bits per heavy atom. The summed E-state index contributed by atoms with van der Waals surface area (Å²) in [6, 6.07) is 8.18. The maximum atomic E-state index is 8.39. The van der Waals surface area contributed by atoms with Crippen LogP contribution in [0.15, 0.2) is 24.3 Å². The van der Waals surface area contributed by atoms with Crippen LogP contribution in [-0.4, -0.2) is 15.8 Å². The molecule has 1 nitrogen and oxygen atoms in total. The zero-order valence-electron chi connectivity index (χ0n) is 5.76. The molecule has 1 rings (SSSR count). The van der Waals surface area contributed by atoms with Crippen molar-refractivity contribution in [3.63, 3.8) is 0 Å². The van der Waals surface area contributed by atoms with Crippen LogP contribution in [0, 0.1) is 17.0 Å². The van der Waals surface area contributed by atoms with E-state index in [1.165, 1.54) is 9.91 Å². The number of hydrogen-bond donors (Lipinski definition) is 0. The second kappa shape index (κ2) is 3.44. The summed E-state index contributed by atoms with van der Waals surface area (Å²) in [6.07, 6.45) is 0. The third kappa shape index (κ3) is 1.90. The summed E-state index contributed by atoms with van der Waals surface area (Å²) in [4.78, 5) is 2.23. The number of aryl methyl sites for hydroxylation is 1. The molecule has 1 aromatic rings. The summed E-state index contributed by atoms with van der Waals surface area (Å²) in [5, 5.41) is 8.39. The van der Waals surface area contributed by atoms with Crippen LogP contribution in [0.3, 0.4) is 0 Å². The van der Waals surface area contributed by atoms with Gasteiger partial charge in [-0.1, -0.05) is 0 Å². The van der Waals surface area contributed by atoms with Gasteiger partial charge in [-0.2, -0.15) is 0 Å². The second-order valence-electron chi connectivity index (χ2n) is 2.10. The third-order valence-electron chi connectivity index (χ3n) is 1.25. The van der Waals surface area contributed by atoms with Gasteiger partial charge in [0.05, 0.1) is 0 Å². The summed E-state index contributed by atoms with van der Waals surface area (Å²) >= 11 is -0.499. The first kappa shape index (κ1) is 7.38. The fourth-order valence-electron chi connectivity index (χ4n) is 0.701. The van der Waals surface area contributed by atoms with E-state index in [4.69, 9.17) is 5.26 Å². The second-order valence-corrected chi connectivity index (χ2v) is 4.31. The molecule has 0 aliphatic carbocycles. The van der Waals surface area contributed by atoms with Gasteiger partial charge in [-0.15, -0.1) is 0 Å². The fourth-order valence-corrected chi connectivity index (χ4v) is 1.67. The van der Waals surface area contributed by atoms with Crippen LogP contribution >= 0.6 is 0 Å². The van der Waals surface area contributed by atoms with E-state index in [0.717, 1.165) is 0 Å². The molecule has 0 aliphatic rings. The van der Waals surface area contributed by atoms with Gasteiger partial charge in [0.15, 0.2) is 0 Å². The molecule has 2 heteroatoms. The predicted octanol–water partition coefficient (Wildman–Crippen LogP) is 0.538. The number of hydrogen-bond acceptors (Lipinski definition) is 1. The number of rotatable bonds is 1. The molecule has 0 spiro atoms. The molecule has 10 heavy (non-hydrogen) atoms. The Morgan fingerprint density at radius 3 is 2.40 bits per heavy atom. The Kier molecular flexibility index (Phi) is 2.54. The molecule has 0 aromatic heterocycles. The van der Waals surface area contributed by atoms with Crippen molar-refractivity contribution in [2.45, 2.75) is 6.92 Å². The number of benzene rings is 1. The van der Waals surface area contributed by atoms with Crippen LogP contribution in [0.5, 0.6) is 0 Å². The van der Waals surface area contributed by atoms with Crippen LogP contribution in [0.25, 0.3) is 0 Å². The zero-order valence-corrected chi connectivity index (χ0v) is 7.85. The Morgan fingerprint density at radius 2 is 1.90 bits per heavy atom. The summed E-state index contributed by atoms with van der Waals surface area (Å²) in [5.41, 5.74) is 1.26. The van der Waals surface area contributed by atoms with Gasteiger partial charge >= 0.3 is 67.0 Å². The standard InChI is InChI=1S/C8H8AsN/c1-7-2-4-8(5-3-7)9-6-10/h2-5,9H,1H3. The van der Waals surface area contributed by atoms with E-state index < -0.39 is 15.8 Å². The molecular formula is C8H8AsN. The molecule has 50 valence electrons. The summed E-state index contributed by atoms with van der Waals surface area (Å²) in [5.74, 6) is 0. The average molecular weight is 193 g/mol. The van der Waals surface area contributed by atoms with E-state index in [-0.39, 0.29) is 0 Å². The molecule has 0 amide bonds. The summed E-state index contributed by atoms with van der Waals surface area (Å²) in [6.45, 7) is 2.05. The molecular weight excluding hydrogens is 185 g/mol. The minimum atomic E-state index is -0.499. The SMILES string of the molecule is Cc1ccc([AsH]C#N)cc1. The Hall–Kier alpha value is -0.732. The topological polar surface area (TPSA) is 23.8 Å². The minimum absolute atomic E-state index is 0.499.